The van der Waals surface area contributed by atoms with Crippen molar-refractivity contribution in [3.05, 3.63) is 227 Å². The Morgan fingerprint density at radius 2 is 0.866 bits per heavy atom. The van der Waals surface area contributed by atoms with Crippen LogP contribution < -0.4 is 31.9 Å². The van der Waals surface area contributed by atoms with Gasteiger partial charge >= 0.3 is 0 Å². The van der Waals surface area contributed by atoms with E-state index in [4.69, 9.17) is 13.1 Å². The fourth-order valence-electron chi connectivity index (χ4n) is 16.7. The quantitative estimate of drug-likeness (QED) is 0.0164. The maximum absolute atomic E-state index is 15.9. The van der Waals surface area contributed by atoms with Gasteiger partial charge in [0, 0.05) is 81.1 Å². The Hall–Kier alpha value is -11.6. The predicted octanol–water partition coefficient (Wildman–Crippen LogP) is 9.38. The number of nitrogens with one attached hydrogen (secondary N) is 6. The highest BCUT2D eigenvalue weighted by Gasteiger charge is 2.44. The molecule has 1 saturated heterocycles. The summed E-state index contributed by atoms with van der Waals surface area (Å²) in [6.45, 7) is 18.9. The van der Waals surface area contributed by atoms with Crippen molar-refractivity contribution in [1.82, 2.24) is 71.7 Å². The Kier molecular flexibility index (Phi) is 44.0. The number of Topliss-reactive ketones (excluding diaryl/α,β-unsaturated/α-hetero) is 6. The number of aryl methyl sites for hydroxylation is 2. The second-order valence-corrected chi connectivity index (χ2v) is 42.2. The highest BCUT2D eigenvalue weighted by Crippen LogP contribution is 2.30. The molecule has 6 aromatic carbocycles. The lowest BCUT2D eigenvalue weighted by Crippen LogP contribution is -2.54. The normalized spacial score (nSPS) is 15.2. The predicted molar refractivity (Wildman–Crippen MR) is 526 cm³/mol. The SMILES string of the molecule is CCN(C)CC(=O)C[C@@H](CCc1ccccc1)C(=O)N[C@@H](CC(C)C)C(=O)C[C@@H](Cc1ccccc1)C(=O)N[C@@H](CC(C)C)C(=O)C(C)(O)COS(=O)(=O)c1ccc(CNCc2cn(Cn3cc(CNC(=O)c4ccc(S(=O)(=O)OCC(C)(O)C(=O)[C@H](CC(C)C)NC(=O)[C@@H](CC(=O)[C@H](CC(C)C)NC(=O)[C@H](CCc5ccccc5)CC(=O)CN5CCOCC5)Cc5ccccc5)c(F)c4)nn3)nn2)cc1F. The van der Waals surface area contributed by atoms with E-state index in [1.165, 1.54) is 21.6 Å². The molecule has 0 spiro atoms. The average molecular weight is 2010 g/mol. The lowest BCUT2D eigenvalue weighted by molar-refractivity contribution is -0.144. The number of carbonyl (C=O) groups excluding carboxylic acids is 11. The number of hydrogen-bond acceptors (Lipinski definition) is 27. The van der Waals surface area contributed by atoms with Crippen LogP contribution in [0.2, 0.25) is 0 Å². The van der Waals surface area contributed by atoms with Crippen LogP contribution in [0.1, 0.15) is 190 Å². The molecule has 1 aliphatic rings. The van der Waals surface area contributed by atoms with E-state index in [1.807, 2.05) is 112 Å². The summed E-state index contributed by atoms with van der Waals surface area (Å²) in [5, 5.41) is 56.9. The Labute approximate surface area is 830 Å². The molecular formula is C104H138F2N14O20S2. The van der Waals surface area contributed by atoms with Gasteiger partial charge in [0.15, 0.2) is 23.1 Å². The molecule has 0 radical (unpaired) electrons. The maximum Gasteiger partial charge on any atom is 0.300 e. The number of benzene rings is 6. The summed E-state index contributed by atoms with van der Waals surface area (Å²) in [6, 6.07) is 37.3. The van der Waals surface area contributed by atoms with Gasteiger partial charge in [-0.15, -0.1) is 10.2 Å². The molecule has 0 bridgehead atoms. The van der Waals surface area contributed by atoms with Crippen LogP contribution in [0, 0.1) is 59.0 Å². The number of aromatic nitrogens is 6. The summed E-state index contributed by atoms with van der Waals surface area (Å²) in [7, 11) is -8.32. The van der Waals surface area contributed by atoms with Gasteiger partial charge in [-0.25, -0.2) is 18.1 Å². The van der Waals surface area contributed by atoms with Gasteiger partial charge in [0.25, 0.3) is 26.1 Å². The van der Waals surface area contributed by atoms with Gasteiger partial charge in [0.2, 0.25) is 23.6 Å². The smallest absolute Gasteiger partial charge is 0.300 e. The third-order valence-electron chi connectivity index (χ3n) is 24.5. The number of ketones is 6. The van der Waals surface area contributed by atoms with Crippen LogP contribution in [-0.2, 0) is 133 Å². The van der Waals surface area contributed by atoms with Crippen molar-refractivity contribution in [1.29, 1.82) is 0 Å². The Morgan fingerprint density at radius 3 is 1.28 bits per heavy atom. The first-order chi connectivity index (χ1) is 67.3. The van der Waals surface area contributed by atoms with Crippen LogP contribution in [0.5, 0.6) is 0 Å². The zero-order valence-corrected chi connectivity index (χ0v) is 84.7. The van der Waals surface area contributed by atoms with Crippen molar-refractivity contribution in [3.8, 4) is 0 Å². The molecule has 10 atom stereocenters. The second-order valence-electron chi connectivity index (χ2n) is 39.1. The molecule has 34 nitrogen and oxygen atoms in total. The molecule has 2 unspecified atom stereocenters. The lowest BCUT2D eigenvalue weighted by Gasteiger charge is -2.30. The first-order valence-electron chi connectivity index (χ1n) is 48.4. The molecule has 2 aromatic heterocycles. The van der Waals surface area contributed by atoms with Crippen LogP contribution in [-0.4, -0.2) is 233 Å². The Balaban J connectivity index is 0.744. The fourth-order valence-corrected chi connectivity index (χ4v) is 18.8. The van der Waals surface area contributed by atoms with Gasteiger partial charge in [-0.2, -0.15) is 16.8 Å². The van der Waals surface area contributed by atoms with Crippen molar-refractivity contribution < 1.29 is 102 Å². The summed E-state index contributed by atoms with van der Waals surface area (Å²) in [5.41, 5.74) is -1.35. The molecule has 8 aromatic rings. The first-order valence-corrected chi connectivity index (χ1v) is 51.3. The standard InChI is InChI=1S/C104H138F2N14O20S2/c1-13-117(12)63-84(121)53-77(37-34-72-26-18-14-19-27-72)99(128)109-88(46-68(2)3)92(123)56-80(50-74-30-22-16-23-31-74)101(130)111-90(48-70(6)7)96(125)103(10,132)65-139-141(134,135)94-40-36-76(52-86(94)105)58-107-59-82-61-119(115-113-82)67-120-62-83(114-116-120)60-108-98(127)79-39-41-95(87(106)55-79)142(136,137)140-66-104(11,133)97(126)91(49-71(8)9)112-102(131)81(51-75-32-24-17-25-33-75)57-93(124)89(47-69(4)5)110-100(129)78(38-35-73-28-20-15-21-29-73)54-85(122)64-118-42-44-138-45-43-118/h14-33,36,39-41,52,55,61-62,68-71,77-78,80-81,88-91,107,132-133H,13,34-35,37-38,42-51,53-54,56-60,63-67H2,1-12H3,(H,108,127)(H,109,128)(H,110,129)(H,111,130)(H,112,131)/t77-,78-,80-,81-,88+,89+,90+,91+,103?,104?/m1/s1. The van der Waals surface area contributed by atoms with Crippen molar-refractivity contribution in [3.63, 3.8) is 0 Å². The van der Waals surface area contributed by atoms with Crippen molar-refractivity contribution in [2.45, 2.75) is 238 Å². The monoisotopic (exact) mass is 2000 g/mol. The van der Waals surface area contributed by atoms with E-state index in [9.17, 15) is 79.8 Å². The van der Waals surface area contributed by atoms with Crippen molar-refractivity contribution in [2.75, 3.05) is 66.2 Å². The molecule has 1 fully saturated rings. The molecule has 9 rings (SSSR count). The highest BCUT2D eigenvalue weighted by molar-refractivity contribution is 7.87. The molecule has 0 saturated carbocycles. The van der Waals surface area contributed by atoms with E-state index in [0.29, 0.717) is 81.4 Å². The Morgan fingerprint density at radius 1 is 0.479 bits per heavy atom. The fraction of sp³-hybridized carbons (Fsp3) is 0.510. The number of rotatable bonds is 62. The van der Waals surface area contributed by atoms with E-state index in [-0.39, 0.29) is 149 Å². The number of halogens is 2. The minimum atomic E-state index is -5.12. The van der Waals surface area contributed by atoms with E-state index in [2.05, 4.69) is 52.5 Å². The van der Waals surface area contributed by atoms with Crippen LogP contribution in [0.25, 0.3) is 0 Å². The second kappa shape index (κ2) is 54.8. The van der Waals surface area contributed by atoms with Crippen LogP contribution in [0.4, 0.5) is 8.78 Å². The molecule has 38 heteroatoms. The summed E-state index contributed by atoms with van der Waals surface area (Å²) >= 11 is 0. The molecule has 8 N–H and O–H groups in total. The number of morpholine rings is 1. The largest absolute Gasteiger partial charge is 0.380 e. The van der Waals surface area contributed by atoms with Crippen molar-refractivity contribution >= 4 is 84.5 Å². The van der Waals surface area contributed by atoms with Gasteiger partial charge in [0.1, 0.15) is 69.8 Å². The number of nitrogens with zero attached hydrogens (tertiary/aromatic N) is 8. The number of likely N-dealkylation sites (N-methyl/N-ethyl adjacent to an activating group) is 1. The summed E-state index contributed by atoms with van der Waals surface area (Å²) in [5.74, 6) is -13.8. The molecule has 142 heavy (non-hydrogen) atoms. The van der Waals surface area contributed by atoms with E-state index in [0.717, 1.165) is 49.2 Å². The lowest BCUT2D eigenvalue weighted by atomic mass is 9.86. The van der Waals surface area contributed by atoms with Gasteiger partial charge < -0.3 is 46.9 Å². The highest BCUT2D eigenvalue weighted by atomic mass is 32.2. The van der Waals surface area contributed by atoms with Crippen LogP contribution in [0.15, 0.2) is 180 Å². The van der Waals surface area contributed by atoms with E-state index >= 15 is 8.78 Å². The van der Waals surface area contributed by atoms with Crippen LogP contribution >= 0.6 is 0 Å². The van der Waals surface area contributed by atoms with Gasteiger partial charge in [-0.3, -0.25) is 70.9 Å². The number of amides is 5. The summed E-state index contributed by atoms with van der Waals surface area (Å²) in [6.07, 6.45) is 4.09. The van der Waals surface area contributed by atoms with Gasteiger partial charge in [-0.05, 0) is 173 Å². The summed E-state index contributed by atoms with van der Waals surface area (Å²) in [4.78, 5) is 159. The first kappa shape index (κ1) is 114. The average Bonchev–Trinajstić information content (AvgIpc) is 0.860. The zero-order valence-electron chi connectivity index (χ0n) is 83.1. The third kappa shape index (κ3) is 37.0. The van der Waals surface area contributed by atoms with E-state index < -0.39 is 173 Å². The molecule has 5 amide bonds. The summed E-state index contributed by atoms with van der Waals surface area (Å²) < 4.78 is 105. The Bertz CT molecular complexity index is 5770. The molecule has 770 valence electrons. The number of carbonyl (C=O) groups is 11. The minimum Gasteiger partial charge on any atom is -0.380 e. The minimum absolute atomic E-state index is 0.00739. The number of ether oxygens (including phenoxy) is 1. The van der Waals surface area contributed by atoms with Gasteiger partial charge in [0.05, 0.1) is 75.1 Å². The number of hydrogen-bond donors (Lipinski definition) is 8. The third-order valence-corrected chi connectivity index (χ3v) is 27.1. The maximum atomic E-state index is 15.9. The van der Waals surface area contributed by atoms with Crippen molar-refractivity contribution in [2.24, 2.45) is 47.3 Å². The number of aliphatic hydroxyl groups is 2. The van der Waals surface area contributed by atoms with Gasteiger partial charge in [-0.1, -0.05) is 200 Å². The van der Waals surface area contributed by atoms with E-state index in [1.54, 1.807) is 94.6 Å². The molecule has 0 aliphatic carbocycles. The molecule has 3 heterocycles. The topological polar surface area (TPSA) is 464 Å². The molecule has 1 aliphatic heterocycles. The van der Waals surface area contributed by atoms with Crippen LogP contribution in [0.3, 0.4) is 0 Å². The zero-order chi connectivity index (χ0) is 104. The molecular weight excluding hydrogens is 1870 g/mol.